The van der Waals surface area contributed by atoms with E-state index in [0.29, 0.717) is 0 Å². The first kappa shape index (κ1) is 8.82. The van der Waals surface area contributed by atoms with Crippen LogP contribution in [0.3, 0.4) is 0 Å². The van der Waals surface area contributed by atoms with Gasteiger partial charge in [0, 0.05) is 0 Å². The average molecular weight is 98.1 g/mol. The van der Waals surface area contributed by atoms with Gasteiger partial charge in [0.05, 0.1) is 0 Å². The molecule has 0 spiro atoms. The summed E-state index contributed by atoms with van der Waals surface area (Å²) in [6.07, 6.45) is 0. The molecule has 0 rings (SSSR count). The maximum atomic E-state index is 2.19. The molecule has 0 saturated carbocycles. The summed E-state index contributed by atoms with van der Waals surface area (Å²) in [5.74, 6) is 4.38. The van der Waals surface area contributed by atoms with E-state index in [9.17, 15) is 0 Å². The Morgan fingerprint density at radius 3 is 1.25 bits per heavy atom. The summed E-state index contributed by atoms with van der Waals surface area (Å²) in [6.45, 7) is 0. The zero-order chi connectivity index (χ0) is 2.71. The van der Waals surface area contributed by atoms with Gasteiger partial charge >= 0.3 is 26.8 Å². The molecule has 0 radical (unpaired) electrons. The van der Waals surface area contributed by atoms with Crippen molar-refractivity contribution in [3.8, 4) is 0 Å². The number of hydrogen-bond acceptors (Lipinski definition) is 0. The van der Waals surface area contributed by atoms with Crippen molar-refractivity contribution in [1.29, 1.82) is 0 Å². The Labute approximate surface area is 34.9 Å². The van der Waals surface area contributed by atoms with Gasteiger partial charge in [-0.15, -0.1) is 0 Å². The van der Waals surface area contributed by atoms with Crippen LogP contribution in [-0.4, -0.2) is 0 Å². The van der Waals surface area contributed by atoms with Gasteiger partial charge in [0.1, 0.15) is 0 Å². The fourth-order valence-electron chi connectivity index (χ4n) is 0. The van der Waals surface area contributed by atoms with E-state index in [1.54, 1.807) is 0 Å². The first-order valence-corrected chi connectivity index (χ1v) is 3.37. The summed E-state index contributed by atoms with van der Waals surface area (Å²) in [7, 11) is 0. The Hall–Kier alpha value is 0.532. The molecule has 0 fully saturated rings. The molecule has 0 aliphatic rings. The van der Waals surface area contributed by atoms with Crippen LogP contribution in [0.4, 0.5) is 0 Å². The van der Waals surface area contributed by atoms with Crippen LogP contribution in [0.25, 0.3) is 0 Å². The van der Waals surface area contributed by atoms with Crippen LogP contribution >= 0.6 is 0 Å². The molecular weight excluding hydrogens is 88.0 g/mol. The minimum absolute atomic E-state index is 0. The van der Waals surface area contributed by atoms with E-state index in [0.717, 1.165) is 15.2 Å². The Morgan fingerprint density at radius 2 is 1.25 bits per heavy atom. The summed E-state index contributed by atoms with van der Waals surface area (Å²) < 4.78 is 0. The molecule has 0 nitrogen and oxygen atoms in total. The molecule has 0 aliphatic heterocycles. The van der Waals surface area contributed by atoms with Gasteiger partial charge in [-0.1, -0.05) is 7.43 Å². The van der Waals surface area contributed by atoms with Gasteiger partial charge in [-0.05, 0) is 0 Å². The predicted molar refractivity (Wildman–Crippen MR) is 18.5 cm³/mol. The van der Waals surface area contributed by atoms with Crippen LogP contribution in [0.1, 0.15) is 7.43 Å². The third kappa shape index (κ3) is 21.0. The number of rotatable bonds is 0. The summed E-state index contributed by atoms with van der Waals surface area (Å²) >= 11 is 0.875. The normalized spacial score (nSPS) is 4.50. The van der Waals surface area contributed by atoms with E-state index in [1.165, 1.54) is 0 Å². The van der Waals surface area contributed by atoms with Crippen molar-refractivity contribution in [2.24, 2.45) is 0 Å². The molecule has 4 heavy (non-hydrogen) atoms. The molecule has 0 amide bonds. The predicted octanol–water partition coefficient (Wildman–Crippen LogP) is 1.80. The Bertz CT molecular complexity index is 3.25. The van der Waals surface area contributed by atoms with Crippen LogP contribution in [0.2, 0.25) is 11.6 Å². The van der Waals surface area contributed by atoms with E-state index >= 15 is 0 Å². The summed E-state index contributed by atoms with van der Waals surface area (Å²) in [6, 6.07) is 0. The molecule has 0 atom stereocenters. The third-order valence-electron chi connectivity index (χ3n) is 0. The quantitative estimate of drug-likeness (QED) is 0.433. The van der Waals surface area contributed by atoms with Gasteiger partial charge in [-0.3, -0.25) is 0 Å². The van der Waals surface area contributed by atoms with Crippen molar-refractivity contribution >= 4 is 0 Å². The molecule has 0 heterocycles. The van der Waals surface area contributed by atoms with Crippen LogP contribution in [0, 0.1) is 0 Å². The van der Waals surface area contributed by atoms with Gasteiger partial charge in [-0.2, -0.15) is 0 Å². The molecule has 0 aromatic carbocycles. The fourth-order valence-corrected chi connectivity index (χ4v) is 0. The molecule has 0 aliphatic carbocycles. The van der Waals surface area contributed by atoms with Crippen molar-refractivity contribution < 1.29 is 15.2 Å². The second-order valence-electron chi connectivity index (χ2n) is 0.408. The topological polar surface area (TPSA) is 0 Å². The van der Waals surface area contributed by atoms with Gasteiger partial charge in [-0.25, -0.2) is 0 Å². The van der Waals surface area contributed by atoms with Crippen molar-refractivity contribution in [1.82, 2.24) is 0 Å². The average Bonchev–Trinajstić information content (AvgIpc) is 0.918. The summed E-state index contributed by atoms with van der Waals surface area (Å²) in [5, 5.41) is 0. The number of hydrogen-bond donors (Lipinski definition) is 0. The Kier molecular flexibility index (Phi) is 21.3. The van der Waals surface area contributed by atoms with E-state index in [1.807, 2.05) is 0 Å². The van der Waals surface area contributed by atoms with Crippen molar-refractivity contribution in [3.63, 3.8) is 0 Å². The molecule has 0 unspecified atom stereocenters. The van der Waals surface area contributed by atoms with E-state index in [2.05, 4.69) is 11.6 Å². The second-order valence-corrected chi connectivity index (χ2v) is 1.68. The molecule has 0 aromatic heterocycles. The molecular formula is C3H10Cr. The van der Waals surface area contributed by atoms with Crippen molar-refractivity contribution in [2.45, 2.75) is 19.0 Å². The van der Waals surface area contributed by atoms with E-state index in [-0.39, 0.29) is 7.43 Å². The third-order valence-corrected chi connectivity index (χ3v) is 0. The molecule has 1 heteroatoms. The Morgan fingerprint density at radius 1 is 1.25 bits per heavy atom. The molecule has 0 saturated heterocycles. The monoisotopic (exact) mass is 98.0 g/mol. The molecule has 0 N–H and O–H groups in total. The maximum absolute atomic E-state index is 2.19. The molecule has 0 aromatic rings. The van der Waals surface area contributed by atoms with Crippen LogP contribution in [-0.2, 0) is 15.2 Å². The van der Waals surface area contributed by atoms with Gasteiger partial charge in [0.25, 0.3) is 0 Å². The van der Waals surface area contributed by atoms with Gasteiger partial charge in [0.15, 0.2) is 0 Å². The zero-order valence-corrected chi connectivity index (χ0v) is 3.68. The van der Waals surface area contributed by atoms with Crippen LogP contribution in [0.5, 0.6) is 0 Å². The molecule has 28 valence electrons. The zero-order valence-electron chi connectivity index (χ0n) is 2.41. The summed E-state index contributed by atoms with van der Waals surface area (Å²) in [5.41, 5.74) is 0. The minimum atomic E-state index is 0. The van der Waals surface area contributed by atoms with Gasteiger partial charge in [0.2, 0.25) is 0 Å². The SMILES string of the molecule is C.[CH3][Cr][CH3]. The molecule has 0 bridgehead atoms. The fraction of sp³-hybridized carbons (Fsp3) is 1.00. The first-order valence-electron chi connectivity index (χ1n) is 0.816. The van der Waals surface area contributed by atoms with Crippen molar-refractivity contribution in [3.05, 3.63) is 0 Å². The van der Waals surface area contributed by atoms with Crippen molar-refractivity contribution in [2.75, 3.05) is 0 Å². The summed E-state index contributed by atoms with van der Waals surface area (Å²) in [4.78, 5) is 0. The van der Waals surface area contributed by atoms with Crippen LogP contribution in [0.15, 0.2) is 0 Å². The second kappa shape index (κ2) is 9.65. The van der Waals surface area contributed by atoms with E-state index in [4.69, 9.17) is 0 Å². The van der Waals surface area contributed by atoms with E-state index < -0.39 is 0 Å². The standard InChI is InChI=1S/CH4.2CH3.Cr/h1H4;2*1H3;. The van der Waals surface area contributed by atoms with Gasteiger partial charge < -0.3 is 0 Å². The Balaban J connectivity index is 0. The first-order chi connectivity index (χ1) is 1.41. The van der Waals surface area contributed by atoms with Crippen LogP contribution < -0.4 is 0 Å².